The van der Waals surface area contributed by atoms with Crippen LogP contribution in [-0.4, -0.2) is 24.4 Å². The molecule has 1 atom stereocenters. The molecule has 0 aromatic heterocycles. The molecule has 0 aromatic carbocycles. The molecule has 1 heterocycles. The predicted octanol–water partition coefficient (Wildman–Crippen LogP) is 2.74. The van der Waals surface area contributed by atoms with Gasteiger partial charge in [0.25, 0.3) is 0 Å². The SMILES string of the molecule is CCCCC(O)C1(CCCC)COC1. The second-order valence-corrected chi connectivity index (χ2v) is 4.62. The molecule has 1 saturated heterocycles. The van der Waals surface area contributed by atoms with Crippen molar-refractivity contribution in [2.45, 2.75) is 58.5 Å². The van der Waals surface area contributed by atoms with Crippen LogP contribution in [0.15, 0.2) is 0 Å². The molecule has 0 saturated carbocycles. The molecule has 1 rings (SSSR count). The predicted molar refractivity (Wildman–Crippen MR) is 58.3 cm³/mol. The lowest BCUT2D eigenvalue weighted by atomic mass is 9.74. The number of ether oxygens (including phenoxy) is 1. The molecule has 0 bridgehead atoms. The first-order valence-corrected chi connectivity index (χ1v) is 6.01. The molecule has 1 aliphatic heterocycles. The fourth-order valence-electron chi connectivity index (χ4n) is 2.10. The Kier molecular flexibility index (Phi) is 4.90. The third kappa shape index (κ3) is 2.71. The fraction of sp³-hybridized carbons (Fsp3) is 1.00. The second-order valence-electron chi connectivity index (χ2n) is 4.62. The van der Waals surface area contributed by atoms with E-state index in [9.17, 15) is 5.11 Å². The van der Waals surface area contributed by atoms with Crippen molar-refractivity contribution in [3.63, 3.8) is 0 Å². The van der Waals surface area contributed by atoms with Crippen LogP contribution >= 0.6 is 0 Å². The Morgan fingerprint density at radius 3 is 2.29 bits per heavy atom. The van der Waals surface area contributed by atoms with Crippen LogP contribution in [0, 0.1) is 5.41 Å². The number of aliphatic hydroxyl groups is 1. The molecule has 1 aliphatic rings. The first-order valence-electron chi connectivity index (χ1n) is 6.01. The molecule has 1 fully saturated rings. The van der Waals surface area contributed by atoms with E-state index in [0.29, 0.717) is 0 Å². The largest absolute Gasteiger partial charge is 0.392 e. The van der Waals surface area contributed by atoms with Gasteiger partial charge in [-0.1, -0.05) is 39.5 Å². The van der Waals surface area contributed by atoms with Gasteiger partial charge in [-0.2, -0.15) is 0 Å². The zero-order valence-corrected chi connectivity index (χ0v) is 9.59. The number of aliphatic hydroxyl groups excluding tert-OH is 1. The third-order valence-corrected chi connectivity index (χ3v) is 3.35. The topological polar surface area (TPSA) is 29.5 Å². The summed E-state index contributed by atoms with van der Waals surface area (Å²) in [7, 11) is 0. The van der Waals surface area contributed by atoms with E-state index in [-0.39, 0.29) is 11.5 Å². The van der Waals surface area contributed by atoms with Gasteiger partial charge in [0, 0.05) is 5.41 Å². The number of unbranched alkanes of at least 4 members (excludes halogenated alkanes) is 2. The Labute approximate surface area is 87.7 Å². The highest BCUT2D eigenvalue weighted by atomic mass is 16.5. The van der Waals surface area contributed by atoms with Crippen molar-refractivity contribution in [2.24, 2.45) is 5.41 Å². The molecular formula is C12H24O2. The molecule has 2 nitrogen and oxygen atoms in total. The van der Waals surface area contributed by atoms with Crippen molar-refractivity contribution in [2.75, 3.05) is 13.2 Å². The lowest BCUT2D eigenvalue weighted by Crippen LogP contribution is -2.51. The Morgan fingerprint density at radius 1 is 1.21 bits per heavy atom. The quantitative estimate of drug-likeness (QED) is 0.684. The summed E-state index contributed by atoms with van der Waals surface area (Å²) in [5.74, 6) is 0. The number of hydrogen-bond acceptors (Lipinski definition) is 2. The summed E-state index contributed by atoms with van der Waals surface area (Å²) in [4.78, 5) is 0. The molecule has 0 spiro atoms. The van der Waals surface area contributed by atoms with Gasteiger partial charge in [0.2, 0.25) is 0 Å². The normalized spacial score (nSPS) is 21.6. The van der Waals surface area contributed by atoms with Gasteiger partial charge >= 0.3 is 0 Å². The van der Waals surface area contributed by atoms with Crippen LogP contribution in [0.4, 0.5) is 0 Å². The van der Waals surface area contributed by atoms with Crippen molar-refractivity contribution in [1.82, 2.24) is 0 Å². The van der Waals surface area contributed by atoms with Crippen LogP contribution in [0.2, 0.25) is 0 Å². The highest BCUT2D eigenvalue weighted by Gasteiger charge is 2.43. The minimum Gasteiger partial charge on any atom is -0.392 e. The van der Waals surface area contributed by atoms with E-state index in [2.05, 4.69) is 13.8 Å². The average Bonchev–Trinajstić information content (AvgIpc) is 2.13. The summed E-state index contributed by atoms with van der Waals surface area (Å²) in [6.07, 6.45) is 6.67. The Hall–Kier alpha value is -0.0800. The van der Waals surface area contributed by atoms with Crippen molar-refractivity contribution in [3.8, 4) is 0 Å². The van der Waals surface area contributed by atoms with E-state index in [4.69, 9.17) is 4.74 Å². The van der Waals surface area contributed by atoms with Crippen LogP contribution in [0.1, 0.15) is 52.4 Å². The van der Waals surface area contributed by atoms with Crippen LogP contribution in [0.5, 0.6) is 0 Å². The van der Waals surface area contributed by atoms with Crippen molar-refractivity contribution >= 4 is 0 Å². The van der Waals surface area contributed by atoms with Gasteiger partial charge in [-0.15, -0.1) is 0 Å². The first-order chi connectivity index (χ1) is 6.75. The van der Waals surface area contributed by atoms with E-state index in [0.717, 1.165) is 32.5 Å². The molecule has 0 aliphatic carbocycles. The van der Waals surface area contributed by atoms with Crippen molar-refractivity contribution in [1.29, 1.82) is 0 Å². The Balaban J connectivity index is 2.34. The summed E-state index contributed by atoms with van der Waals surface area (Å²) in [6.45, 7) is 5.92. The van der Waals surface area contributed by atoms with Gasteiger partial charge in [-0.25, -0.2) is 0 Å². The van der Waals surface area contributed by atoms with Crippen LogP contribution in [0.3, 0.4) is 0 Å². The fourth-order valence-corrected chi connectivity index (χ4v) is 2.10. The van der Waals surface area contributed by atoms with E-state index >= 15 is 0 Å². The lowest BCUT2D eigenvalue weighted by molar-refractivity contribution is -0.178. The highest BCUT2D eigenvalue weighted by molar-refractivity contribution is 4.91. The molecule has 1 unspecified atom stereocenters. The van der Waals surface area contributed by atoms with E-state index in [1.807, 2.05) is 0 Å². The summed E-state index contributed by atoms with van der Waals surface area (Å²) < 4.78 is 5.28. The molecule has 0 amide bonds. The third-order valence-electron chi connectivity index (χ3n) is 3.35. The molecule has 2 heteroatoms. The number of hydrogen-bond donors (Lipinski definition) is 1. The summed E-state index contributed by atoms with van der Waals surface area (Å²) in [5.41, 5.74) is 0.116. The molecule has 0 aromatic rings. The van der Waals surface area contributed by atoms with Crippen LogP contribution in [-0.2, 0) is 4.74 Å². The van der Waals surface area contributed by atoms with Crippen molar-refractivity contribution in [3.05, 3.63) is 0 Å². The standard InChI is InChI=1S/C12H24O2/c1-3-5-7-11(13)12(8-6-4-2)9-14-10-12/h11,13H,3-10H2,1-2H3. The maximum absolute atomic E-state index is 10.1. The minimum absolute atomic E-state index is 0.116. The molecule has 84 valence electrons. The second kappa shape index (κ2) is 5.72. The van der Waals surface area contributed by atoms with E-state index in [1.54, 1.807) is 0 Å². The average molecular weight is 200 g/mol. The first kappa shape index (κ1) is 12.0. The molecule has 0 radical (unpaired) electrons. The molecule has 14 heavy (non-hydrogen) atoms. The van der Waals surface area contributed by atoms with Gasteiger partial charge in [-0.05, 0) is 12.8 Å². The van der Waals surface area contributed by atoms with E-state index in [1.165, 1.54) is 19.3 Å². The Morgan fingerprint density at radius 2 is 1.86 bits per heavy atom. The van der Waals surface area contributed by atoms with Gasteiger partial charge < -0.3 is 9.84 Å². The van der Waals surface area contributed by atoms with Crippen LogP contribution in [0.25, 0.3) is 0 Å². The zero-order chi connectivity index (χ0) is 10.4. The van der Waals surface area contributed by atoms with Gasteiger partial charge in [0.05, 0.1) is 19.3 Å². The summed E-state index contributed by atoms with van der Waals surface area (Å²) in [6, 6.07) is 0. The maximum Gasteiger partial charge on any atom is 0.0640 e. The monoisotopic (exact) mass is 200 g/mol. The van der Waals surface area contributed by atoms with Gasteiger partial charge in [-0.3, -0.25) is 0 Å². The van der Waals surface area contributed by atoms with Crippen molar-refractivity contribution < 1.29 is 9.84 Å². The number of rotatable bonds is 7. The smallest absolute Gasteiger partial charge is 0.0640 e. The van der Waals surface area contributed by atoms with Gasteiger partial charge in [0.1, 0.15) is 0 Å². The maximum atomic E-state index is 10.1. The lowest BCUT2D eigenvalue weighted by Gasteiger charge is -2.45. The molecular weight excluding hydrogens is 176 g/mol. The zero-order valence-electron chi connectivity index (χ0n) is 9.59. The van der Waals surface area contributed by atoms with E-state index < -0.39 is 0 Å². The summed E-state index contributed by atoms with van der Waals surface area (Å²) >= 11 is 0. The minimum atomic E-state index is -0.136. The summed E-state index contributed by atoms with van der Waals surface area (Å²) in [5, 5.41) is 10.1. The molecule has 1 N–H and O–H groups in total. The highest BCUT2D eigenvalue weighted by Crippen LogP contribution is 2.38. The van der Waals surface area contributed by atoms with Gasteiger partial charge in [0.15, 0.2) is 0 Å². The van der Waals surface area contributed by atoms with Crippen LogP contribution < -0.4 is 0 Å². The Bertz CT molecular complexity index is 152.